The predicted octanol–water partition coefficient (Wildman–Crippen LogP) is -3.52. The van der Waals surface area contributed by atoms with Crippen molar-refractivity contribution < 1.29 is 29.9 Å². The Morgan fingerprint density at radius 1 is 1.44 bits per heavy atom. The lowest BCUT2D eigenvalue weighted by atomic mass is 10.0. The quantitative estimate of drug-likeness (QED) is 0.283. The van der Waals surface area contributed by atoms with E-state index in [2.05, 4.69) is 15.0 Å². The van der Waals surface area contributed by atoms with Gasteiger partial charge >= 0.3 is 0 Å². The number of anilines is 1. The molecule has 7 N–H and O–H groups in total. The standard InChI is InChI=1S/C13H19N5O7/c14-12-16-10-7(11(23)17-12)15-5-18(10)13(4-24-2-1-19)9(22)8(21)6(3-20)25-13/h5-6,8-9,19-22H,1-4H2,(H3,14,16,17,23)/t6-,8-,9-,13-/m1/s1. The molecule has 25 heavy (non-hydrogen) atoms. The minimum Gasteiger partial charge on any atom is -0.394 e. The highest BCUT2D eigenvalue weighted by molar-refractivity contribution is 5.70. The first-order valence-electron chi connectivity index (χ1n) is 7.51. The number of hydrogen-bond donors (Lipinski definition) is 6. The summed E-state index contributed by atoms with van der Waals surface area (Å²) in [5.74, 6) is -0.169. The molecule has 1 saturated heterocycles. The highest BCUT2D eigenvalue weighted by atomic mass is 16.6. The van der Waals surface area contributed by atoms with E-state index in [-0.39, 0.29) is 36.9 Å². The highest BCUT2D eigenvalue weighted by Gasteiger charge is 2.56. The third kappa shape index (κ3) is 2.78. The zero-order chi connectivity index (χ0) is 18.2. The number of hydrogen-bond acceptors (Lipinski definition) is 10. The second-order valence-corrected chi connectivity index (χ2v) is 5.63. The number of nitrogens with one attached hydrogen (secondary N) is 1. The van der Waals surface area contributed by atoms with Crippen molar-refractivity contribution in [2.75, 3.05) is 32.2 Å². The number of rotatable bonds is 6. The number of fused-ring (bicyclic) bond motifs is 1. The molecule has 0 bridgehead atoms. The van der Waals surface area contributed by atoms with E-state index < -0.39 is 36.2 Å². The molecule has 1 aliphatic rings. The lowest BCUT2D eigenvalue weighted by Gasteiger charge is -2.33. The molecule has 0 spiro atoms. The van der Waals surface area contributed by atoms with Gasteiger partial charge in [-0.25, -0.2) is 4.98 Å². The monoisotopic (exact) mass is 357 g/mol. The van der Waals surface area contributed by atoms with Gasteiger partial charge in [0, 0.05) is 0 Å². The first-order valence-corrected chi connectivity index (χ1v) is 7.51. The van der Waals surface area contributed by atoms with Gasteiger partial charge in [0.2, 0.25) is 5.95 Å². The van der Waals surface area contributed by atoms with Crippen molar-refractivity contribution >= 4 is 17.1 Å². The summed E-state index contributed by atoms with van der Waals surface area (Å²) in [6.45, 7) is -1.18. The van der Waals surface area contributed by atoms with E-state index in [1.165, 1.54) is 10.9 Å². The molecule has 1 fully saturated rings. The summed E-state index contributed by atoms with van der Waals surface area (Å²) >= 11 is 0. The number of aromatic nitrogens is 4. The van der Waals surface area contributed by atoms with Crippen LogP contribution in [0.15, 0.2) is 11.1 Å². The summed E-state index contributed by atoms with van der Waals surface area (Å²) in [5, 5.41) is 39.0. The molecule has 0 aromatic carbocycles. The van der Waals surface area contributed by atoms with Gasteiger partial charge in [0.25, 0.3) is 5.56 Å². The van der Waals surface area contributed by atoms with Gasteiger partial charge in [-0.2, -0.15) is 4.98 Å². The van der Waals surface area contributed by atoms with Gasteiger partial charge in [0.15, 0.2) is 16.9 Å². The van der Waals surface area contributed by atoms with Crippen LogP contribution < -0.4 is 11.3 Å². The van der Waals surface area contributed by atoms with Gasteiger partial charge in [-0.15, -0.1) is 0 Å². The minimum atomic E-state index is -1.72. The van der Waals surface area contributed by atoms with Crippen molar-refractivity contribution in [3.8, 4) is 0 Å². The van der Waals surface area contributed by atoms with E-state index >= 15 is 0 Å². The molecule has 3 rings (SSSR count). The Hall–Kier alpha value is -2.09. The topological polar surface area (TPSA) is 189 Å². The number of aliphatic hydroxyl groups is 4. The first kappa shape index (κ1) is 17.7. The molecule has 1 aliphatic heterocycles. The molecule has 3 heterocycles. The summed E-state index contributed by atoms with van der Waals surface area (Å²) in [4.78, 5) is 22.2. The maximum atomic E-state index is 12.0. The molecular weight excluding hydrogens is 338 g/mol. The fourth-order valence-corrected chi connectivity index (χ4v) is 2.89. The molecule has 138 valence electrons. The maximum absolute atomic E-state index is 12.0. The van der Waals surface area contributed by atoms with E-state index in [1.807, 2.05) is 0 Å². The van der Waals surface area contributed by atoms with Crippen LogP contribution in [0.3, 0.4) is 0 Å². The van der Waals surface area contributed by atoms with Crippen LogP contribution in [0.2, 0.25) is 0 Å². The van der Waals surface area contributed by atoms with E-state index in [4.69, 9.17) is 20.3 Å². The average Bonchev–Trinajstić information content (AvgIpc) is 3.10. The second-order valence-electron chi connectivity index (χ2n) is 5.63. The molecule has 2 aromatic rings. The van der Waals surface area contributed by atoms with Crippen LogP contribution in [0.25, 0.3) is 11.2 Å². The van der Waals surface area contributed by atoms with E-state index in [0.29, 0.717) is 0 Å². The van der Waals surface area contributed by atoms with Crippen LogP contribution in [0.5, 0.6) is 0 Å². The predicted molar refractivity (Wildman–Crippen MR) is 82.4 cm³/mol. The smallest absolute Gasteiger partial charge is 0.280 e. The number of nitrogens with two attached hydrogens (primary N) is 1. The number of ether oxygens (including phenoxy) is 2. The molecule has 2 aromatic heterocycles. The number of H-pyrrole nitrogens is 1. The van der Waals surface area contributed by atoms with E-state index in [0.717, 1.165) is 0 Å². The zero-order valence-corrected chi connectivity index (χ0v) is 13.1. The number of nitrogens with zero attached hydrogens (tertiary/aromatic N) is 3. The minimum absolute atomic E-state index is 0.0127. The van der Waals surface area contributed by atoms with Gasteiger partial charge in [0.1, 0.15) is 18.3 Å². The van der Waals surface area contributed by atoms with Crippen molar-refractivity contribution in [3.63, 3.8) is 0 Å². The maximum Gasteiger partial charge on any atom is 0.280 e. The Bertz CT molecular complexity index is 808. The Labute approximate surface area is 140 Å². The third-order valence-electron chi connectivity index (χ3n) is 4.08. The Morgan fingerprint density at radius 2 is 2.20 bits per heavy atom. The molecule has 0 unspecified atom stereocenters. The van der Waals surface area contributed by atoms with Crippen LogP contribution in [-0.2, 0) is 15.2 Å². The van der Waals surface area contributed by atoms with Crippen LogP contribution in [0, 0.1) is 0 Å². The lowest BCUT2D eigenvalue weighted by molar-refractivity contribution is -0.182. The van der Waals surface area contributed by atoms with Crippen molar-refractivity contribution in [1.82, 2.24) is 19.5 Å². The van der Waals surface area contributed by atoms with E-state index in [1.54, 1.807) is 0 Å². The summed E-state index contributed by atoms with van der Waals surface area (Å²) < 4.78 is 12.2. The molecule has 0 saturated carbocycles. The van der Waals surface area contributed by atoms with Gasteiger partial charge in [-0.3, -0.25) is 14.3 Å². The van der Waals surface area contributed by atoms with Crippen molar-refractivity contribution in [2.45, 2.75) is 24.0 Å². The summed E-state index contributed by atoms with van der Waals surface area (Å²) in [6, 6.07) is 0. The third-order valence-corrected chi connectivity index (χ3v) is 4.08. The molecule has 0 radical (unpaired) electrons. The largest absolute Gasteiger partial charge is 0.394 e. The Kier molecular flexibility index (Phi) is 4.73. The second kappa shape index (κ2) is 6.67. The molecule has 12 nitrogen and oxygen atoms in total. The van der Waals surface area contributed by atoms with Crippen LogP contribution in [0.1, 0.15) is 0 Å². The normalized spacial score (nSPS) is 29.5. The molecule has 0 amide bonds. The number of aliphatic hydroxyl groups excluding tert-OH is 4. The van der Waals surface area contributed by atoms with Gasteiger partial charge in [-0.1, -0.05) is 0 Å². The summed E-state index contributed by atoms with van der Waals surface area (Å²) in [7, 11) is 0. The van der Waals surface area contributed by atoms with Gasteiger partial charge in [0.05, 0.1) is 32.8 Å². The van der Waals surface area contributed by atoms with Crippen LogP contribution >= 0.6 is 0 Å². The fourth-order valence-electron chi connectivity index (χ4n) is 2.89. The SMILES string of the molecule is Nc1nc2c(ncn2[C@]2(COCCO)O[C@H](CO)[C@@H](O)[C@H]2O)c(=O)[nH]1. The fraction of sp³-hybridized carbons (Fsp3) is 0.615. The number of nitrogen functional groups attached to an aromatic ring is 1. The Morgan fingerprint density at radius 3 is 2.84 bits per heavy atom. The first-order chi connectivity index (χ1) is 11.9. The Balaban J connectivity index is 2.14. The molecule has 0 aliphatic carbocycles. The van der Waals surface area contributed by atoms with Crippen molar-refractivity contribution in [2.24, 2.45) is 0 Å². The number of aromatic amines is 1. The van der Waals surface area contributed by atoms with E-state index in [9.17, 15) is 20.1 Å². The lowest BCUT2D eigenvalue weighted by Crippen LogP contribution is -2.49. The molecule has 4 atom stereocenters. The average molecular weight is 357 g/mol. The zero-order valence-electron chi connectivity index (χ0n) is 13.1. The summed E-state index contributed by atoms with van der Waals surface area (Å²) in [6.07, 6.45) is -2.84. The van der Waals surface area contributed by atoms with Crippen LogP contribution in [-0.4, -0.2) is 84.7 Å². The van der Waals surface area contributed by atoms with Gasteiger partial charge < -0.3 is 35.6 Å². The molecule has 12 heteroatoms. The molecular formula is C13H19N5O7. The van der Waals surface area contributed by atoms with Crippen molar-refractivity contribution in [3.05, 3.63) is 16.7 Å². The summed E-state index contributed by atoms with van der Waals surface area (Å²) in [5.41, 5.74) is 3.23. The van der Waals surface area contributed by atoms with Gasteiger partial charge in [-0.05, 0) is 0 Å². The van der Waals surface area contributed by atoms with Crippen molar-refractivity contribution in [1.29, 1.82) is 0 Å². The van der Waals surface area contributed by atoms with Crippen LogP contribution in [0.4, 0.5) is 5.95 Å². The number of imidazole rings is 1. The highest BCUT2D eigenvalue weighted by Crippen LogP contribution is 2.37.